The molecule has 0 unspecified atom stereocenters. The Labute approximate surface area is 207 Å². The van der Waals surface area contributed by atoms with E-state index in [4.69, 9.17) is 5.41 Å². The number of hydrogen-bond acceptors (Lipinski definition) is 5. The van der Waals surface area contributed by atoms with Crippen molar-refractivity contribution in [2.45, 2.75) is 16.3 Å². The van der Waals surface area contributed by atoms with Gasteiger partial charge in [-0.15, -0.1) is 0 Å². The first-order chi connectivity index (χ1) is 15.4. The Morgan fingerprint density at radius 2 is 1.56 bits per heavy atom. The molecule has 0 aliphatic carbocycles. The Morgan fingerprint density at radius 1 is 0.969 bits per heavy atom. The molecule has 0 fully saturated rings. The van der Waals surface area contributed by atoms with Gasteiger partial charge in [0, 0.05) is 24.3 Å². The first kappa shape index (κ1) is 21.6. The fraction of sp³-hybridized carbons (Fsp3) is 0.0455. The molecule has 0 spiro atoms. The highest BCUT2D eigenvalue weighted by molar-refractivity contribution is 9.10. The Balaban J connectivity index is 1.51. The van der Waals surface area contributed by atoms with Crippen LogP contribution in [0, 0.1) is 11.2 Å². The Hall–Kier alpha value is -2.27. The van der Waals surface area contributed by atoms with E-state index in [1.165, 1.54) is 16.8 Å². The molecule has 1 amide bonds. The molecule has 32 heavy (non-hydrogen) atoms. The van der Waals surface area contributed by atoms with Crippen LogP contribution in [0.2, 0.25) is 0 Å². The molecule has 0 atom stereocenters. The van der Waals surface area contributed by atoms with E-state index in [0.29, 0.717) is 10.6 Å². The lowest BCUT2D eigenvalue weighted by atomic mass is 10.2. The molecule has 4 aromatic rings. The van der Waals surface area contributed by atoms with Crippen molar-refractivity contribution in [2.24, 2.45) is 0 Å². The maximum atomic E-state index is 13.5. The van der Waals surface area contributed by atoms with Crippen LogP contribution < -0.4 is 9.70 Å². The zero-order chi connectivity index (χ0) is 22.4. The molecule has 0 saturated carbocycles. The third kappa shape index (κ3) is 4.07. The summed E-state index contributed by atoms with van der Waals surface area (Å²) < 4.78 is 16.5. The summed E-state index contributed by atoms with van der Waals surface area (Å²) >= 11 is 9.76. The number of nitrogens with one attached hydrogen (secondary N) is 1. The lowest BCUT2D eigenvalue weighted by Gasteiger charge is -2.31. The lowest BCUT2D eigenvalue weighted by molar-refractivity contribution is -0.118. The molecule has 10 heteroatoms. The molecular formula is C22H13Br2FN4OS2. The highest BCUT2D eigenvalue weighted by Crippen LogP contribution is 2.49. The number of carbonyl (C=O) groups excluding carboxylic acids is 1. The minimum Gasteiger partial charge on any atom is -0.277 e. The monoisotopic (exact) mass is 590 g/mol. The number of hydrogen-bond donors (Lipinski definition) is 1. The molecule has 160 valence electrons. The number of fused-ring (bicyclic) bond motifs is 2. The summed E-state index contributed by atoms with van der Waals surface area (Å²) in [6.07, 6.45) is 0. The van der Waals surface area contributed by atoms with Crippen molar-refractivity contribution in [1.29, 1.82) is 5.41 Å². The van der Waals surface area contributed by atoms with Crippen LogP contribution in [-0.2, 0) is 11.3 Å². The first-order valence-electron chi connectivity index (χ1n) is 9.37. The second-order valence-electron chi connectivity index (χ2n) is 6.93. The van der Waals surface area contributed by atoms with Gasteiger partial charge in [-0.05, 0) is 60.7 Å². The number of anilines is 2. The third-order valence-electron chi connectivity index (χ3n) is 4.81. The van der Waals surface area contributed by atoms with Gasteiger partial charge in [-0.2, -0.15) is 5.10 Å². The van der Waals surface area contributed by atoms with E-state index >= 15 is 0 Å². The van der Waals surface area contributed by atoms with Gasteiger partial charge in [-0.3, -0.25) is 15.1 Å². The van der Waals surface area contributed by atoms with E-state index in [9.17, 15) is 9.18 Å². The predicted molar refractivity (Wildman–Crippen MR) is 131 cm³/mol. The second kappa shape index (κ2) is 8.58. The molecular weight excluding hydrogens is 579 g/mol. The molecule has 1 aliphatic rings. The topological polar surface area (TPSA) is 62.0 Å². The summed E-state index contributed by atoms with van der Waals surface area (Å²) in [6.45, 7) is -0.0911. The van der Waals surface area contributed by atoms with Crippen molar-refractivity contribution < 1.29 is 9.18 Å². The maximum absolute atomic E-state index is 13.5. The van der Waals surface area contributed by atoms with E-state index in [1.54, 1.807) is 28.8 Å². The quantitative estimate of drug-likeness (QED) is 0.292. The van der Waals surface area contributed by atoms with Gasteiger partial charge in [0.05, 0.1) is 11.4 Å². The molecule has 5 rings (SSSR count). The van der Waals surface area contributed by atoms with Crippen molar-refractivity contribution in [1.82, 2.24) is 9.78 Å². The summed E-state index contributed by atoms with van der Waals surface area (Å²) in [5.41, 5.74) is 2.29. The van der Waals surface area contributed by atoms with Crippen molar-refractivity contribution >= 4 is 72.2 Å². The number of benzene rings is 3. The fourth-order valence-electron chi connectivity index (χ4n) is 3.36. The Kier molecular flexibility index (Phi) is 5.79. The lowest BCUT2D eigenvalue weighted by Crippen LogP contribution is -2.34. The summed E-state index contributed by atoms with van der Waals surface area (Å²) in [5.74, 6) is -0.537. The highest BCUT2D eigenvalue weighted by Gasteiger charge is 2.29. The molecule has 3 aromatic carbocycles. The molecule has 1 aliphatic heterocycles. The molecule has 0 saturated heterocycles. The van der Waals surface area contributed by atoms with Gasteiger partial charge in [0.1, 0.15) is 17.4 Å². The fourth-order valence-corrected chi connectivity index (χ4v) is 6.31. The zero-order valence-corrected chi connectivity index (χ0v) is 21.0. The minimum absolute atomic E-state index is 0.0911. The predicted octanol–water partition coefficient (Wildman–Crippen LogP) is 6.58. The molecule has 0 radical (unpaired) electrons. The van der Waals surface area contributed by atoms with Crippen LogP contribution in [0.1, 0.15) is 0 Å². The van der Waals surface area contributed by atoms with Crippen LogP contribution in [0.3, 0.4) is 0 Å². The smallest absolute Gasteiger partial charge is 0.253 e. The average molecular weight is 592 g/mol. The van der Waals surface area contributed by atoms with Crippen molar-refractivity contribution in [3.63, 3.8) is 0 Å². The standard InChI is InChI=1S/C22H13Br2FN4OS2/c23-13-3-7-16-18(9-13)31-19-10-14(24)4-8-17(19)29(16)20(30)11-28-22(26)32-21(27-28)12-1-5-15(25)6-2-12/h1-10,26H,11H2. The normalized spacial score (nSPS) is 12.4. The van der Waals surface area contributed by atoms with Crippen LogP contribution in [0.4, 0.5) is 15.8 Å². The van der Waals surface area contributed by atoms with Gasteiger partial charge >= 0.3 is 0 Å². The Bertz CT molecular complexity index is 1370. The van der Waals surface area contributed by atoms with E-state index in [1.807, 2.05) is 36.4 Å². The SMILES string of the molecule is N=c1sc(-c2ccc(F)cc2)nn1CC(=O)N1c2ccc(Br)cc2Sc2cc(Br)ccc21. The summed E-state index contributed by atoms with van der Waals surface area (Å²) in [6, 6.07) is 17.5. The highest BCUT2D eigenvalue weighted by atomic mass is 79.9. The van der Waals surface area contributed by atoms with Crippen molar-refractivity contribution in [2.75, 3.05) is 4.90 Å². The minimum atomic E-state index is -0.335. The maximum Gasteiger partial charge on any atom is 0.253 e. The van der Waals surface area contributed by atoms with Gasteiger partial charge in [-0.25, -0.2) is 9.07 Å². The van der Waals surface area contributed by atoms with E-state index in [-0.39, 0.29) is 23.1 Å². The van der Waals surface area contributed by atoms with Crippen LogP contribution in [0.25, 0.3) is 10.6 Å². The number of halogens is 3. The van der Waals surface area contributed by atoms with E-state index < -0.39 is 0 Å². The molecule has 2 heterocycles. The second-order valence-corrected chi connectivity index (χ2v) is 10.8. The number of carbonyl (C=O) groups is 1. The molecule has 1 aromatic heterocycles. The largest absolute Gasteiger partial charge is 0.277 e. The van der Waals surface area contributed by atoms with Crippen molar-refractivity contribution in [3.05, 3.63) is 80.2 Å². The third-order valence-corrected chi connectivity index (χ3v) is 7.81. The molecule has 5 nitrogen and oxygen atoms in total. The van der Waals surface area contributed by atoms with E-state index in [0.717, 1.165) is 41.4 Å². The summed E-state index contributed by atoms with van der Waals surface area (Å²) in [4.78, 5) is 17.3. The van der Waals surface area contributed by atoms with Gasteiger partial charge in [0.15, 0.2) is 0 Å². The van der Waals surface area contributed by atoms with Gasteiger partial charge in [-0.1, -0.05) is 55.0 Å². The molecule has 1 N–H and O–H groups in total. The summed E-state index contributed by atoms with van der Waals surface area (Å²) in [7, 11) is 0. The Morgan fingerprint density at radius 3 is 2.16 bits per heavy atom. The van der Waals surface area contributed by atoms with Gasteiger partial charge in [0.25, 0.3) is 5.91 Å². The number of rotatable bonds is 3. The van der Waals surface area contributed by atoms with Crippen LogP contribution in [0.5, 0.6) is 0 Å². The zero-order valence-electron chi connectivity index (χ0n) is 16.2. The van der Waals surface area contributed by atoms with E-state index in [2.05, 4.69) is 37.0 Å². The average Bonchev–Trinajstić information content (AvgIpc) is 3.12. The number of nitrogens with zero attached hydrogens (tertiary/aromatic N) is 3. The number of amides is 1. The summed E-state index contributed by atoms with van der Waals surface area (Å²) in [5, 5.41) is 13.3. The van der Waals surface area contributed by atoms with Crippen LogP contribution in [0.15, 0.2) is 79.4 Å². The van der Waals surface area contributed by atoms with Gasteiger partial charge in [0.2, 0.25) is 4.80 Å². The first-order valence-corrected chi connectivity index (χ1v) is 12.6. The number of aromatic nitrogens is 2. The van der Waals surface area contributed by atoms with Crippen LogP contribution in [-0.4, -0.2) is 15.7 Å². The van der Waals surface area contributed by atoms with Crippen LogP contribution >= 0.6 is 55.0 Å². The molecule has 0 bridgehead atoms. The van der Waals surface area contributed by atoms with Gasteiger partial charge < -0.3 is 0 Å². The van der Waals surface area contributed by atoms with Crippen molar-refractivity contribution in [3.8, 4) is 10.6 Å².